The van der Waals surface area contributed by atoms with E-state index in [1.807, 2.05) is 6.92 Å². The van der Waals surface area contributed by atoms with Gasteiger partial charge in [0.15, 0.2) is 0 Å². The van der Waals surface area contributed by atoms with Gasteiger partial charge in [-0.15, -0.1) is 0 Å². The zero-order valence-corrected chi connectivity index (χ0v) is 12.4. The van der Waals surface area contributed by atoms with Crippen LogP contribution in [0.15, 0.2) is 24.3 Å². The van der Waals surface area contributed by atoms with Crippen LogP contribution in [0.4, 0.5) is 4.39 Å². The quantitative estimate of drug-likeness (QED) is 0.921. The van der Waals surface area contributed by atoms with Crippen LogP contribution in [0.3, 0.4) is 0 Å². The lowest BCUT2D eigenvalue weighted by molar-refractivity contribution is 0.211. The molecule has 112 valence electrons. The SMILES string of the molecule is CC1CCC(CN)CN1S(=O)(=O)Cc1ccc(F)cc1. The van der Waals surface area contributed by atoms with Gasteiger partial charge >= 0.3 is 0 Å². The van der Waals surface area contributed by atoms with Crippen LogP contribution < -0.4 is 5.73 Å². The van der Waals surface area contributed by atoms with Gasteiger partial charge in [-0.05, 0) is 49.9 Å². The Labute approximate surface area is 119 Å². The molecule has 1 aliphatic rings. The van der Waals surface area contributed by atoms with Crippen LogP contribution >= 0.6 is 0 Å². The second-order valence-electron chi connectivity index (χ2n) is 5.48. The van der Waals surface area contributed by atoms with E-state index in [0.717, 1.165) is 12.8 Å². The molecule has 0 spiro atoms. The summed E-state index contributed by atoms with van der Waals surface area (Å²) in [5.41, 5.74) is 6.27. The Balaban J connectivity index is 2.14. The average molecular weight is 300 g/mol. The lowest BCUT2D eigenvalue weighted by atomic mass is 9.96. The van der Waals surface area contributed by atoms with Gasteiger partial charge in [0.2, 0.25) is 10.0 Å². The fraction of sp³-hybridized carbons (Fsp3) is 0.571. The molecule has 2 rings (SSSR count). The molecule has 1 aromatic carbocycles. The zero-order chi connectivity index (χ0) is 14.8. The van der Waals surface area contributed by atoms with E-state index in [9.17, 15) is 12.8 Å². The molecule has 0 saturated carbocycles. The number of sulfonamides is 1. The normalized spacial score (nSPS) is 24.8. The third-order valence-corrected chi connectivity index (χ3v) is 5.80. The van der Waals surface area contributed by atoms with E-state index in [0.29, 0.717) is 18.7 Å². The molecule has 1 aliphatic heterocycles. The first-order valence-electron chi connectivity index (χ1n) is 6.86. The first-order chi connectivity index (χ1) is 9.42. The lowest BCUT2D eigenvalue weighted by Gasteiger charge is -2.36. The summed E-state index contributed by atoms with van der Waals surface area (Å²) in [6.07, 6.45) is 1.81. The Kier molecular flexibility index (Phi) is 4.78. The van der Waals surface area contributed by atoms with Gasteiger partial charge in [-0.2, -0.15) is 4.31 Å². The van der Waals surface area contributed by atoms with Gasteiger partial charge in [0.05, 0.1) is 5.75 Å². The number of hydrogen-bond donors (Lipinski definition) is 1. The molecule has 1 aromatic rings. The molecule has 1 heterocycles. The highest BCUT2D eigenvalue weighted by molar-refractivity contribution is 7.88. The van der Waals surface area contributed by atoms with Crippen molar-refractivity contribution in [1.29, 1.82) is 0 Å². The van der Waals surface area contributed by atoms with Crippen LogP contribution in [0.1, 0.15) is 25.3 Å². The van der Waals surface area contributed by atoms with E-state index in [1.54, 1.807) is 4.31 Å². The molecule has 6 heteroatoms. The van der Waals surface area contributed by atoms with Crippen LogP contribution in [0.5, 0.6) is 0 Å². The maximum absolute atomic E-state index is 12.9. The summed E-state index contributed by atoms with van der Waals surface area (Å²) in [6.45, 7) is 2.92. The second kappa shape index (κ2) is 6.20. The minimum absolute atomic E-state index is 0.00301. The molecule has 1 saturated heterocycles. The van der Waals surface area contributed by atoms with Gasteiger partial charge < -0.3 is 5.73 Å². The van der Waals surface area contributed by atoms with Crippen LogP contribution in [-0.2, 0) is 15.8 Å². The van der Waals surface area contributed by atoms with Gasteiger partial charge in [0.1, 0.15) is 5.82 Å². The summed E-state index contributed by atoms with van der Waals surface area (Å²) in [5, 5.41) is 0. The molecule has 20 heavy (non-hydrogen) atoms. The monoisotopic (exact) mass is 300 g/mol. The molecular formula is C14H21FN2O2S. The van der Waals surface area contributed by atoms with Crippen molar-refractivity contribution in [3.8, 4) is 0 Å². The van der Waals surface area contributed by atoms with Crippen molar-refractivity contribution >= 4 is 10.0 Å². The summed E-state index contributed by atoms with van der Waals surface area (Å²) in [4.78, 5) is 0. The van der Waals surface area contributed by atoms with Crippen LogP contribution in [0, 0.1) is 11.7 Å². The summed E-state index contributed by atoms with van der Waals surface area (Å²) in [7, 11) is -3.39. The molecular weight excluding hydrogens is 279 g/mol. The number of hydrogen-bond acceptors (Lipinski definition) is 3. The van der Waals surface area contributed by atoms with E-state index >= 15 is 0 Å². The van der Waals surface area contributed by atoms with Crippen molar-refractivity contribution in [2.45, 2.75) is 31.6 Å². The summed E-state index contributed by atoms with van der Waals surface area (Å²) >= 11 is 0. The van der Waals surface area contributed by atoms with Gasteiger partial charge in [0, 0.05) is 12.6 Å². The number of rotatable bonds is 4. The summed E-state index contributed by atoms with van der Waals surface area (Å²) < 4.78 is 39.4. The molecule has 2 N–H and O–H groups in total. The molecule has 2 atom stereocenters. The molecule has 0 radical (unpaired) electrons. The second-order valence-corrected chi connectivity index (χ2v) is 7.40. The van der Waals surface area contributed by atoms with Crippen molar-refractivity contribution in [2.24, 2.45) is 11.7 Å². The topological polar surface area (TPSA) is 63.4 Å². The molecule has 0 aromatic heterocycles. The largest absolute Gasteiger partial charge is 0.330 e. The Hall–Kier alpha value is -0.980. The maximum Gasteiger partial charge on any atom is 0.218 e. The Morgan fingerprint density at radius 1 is 1.30 bits per heavy atom. The third-order valence-electron chi connectivity index (χ3n) is 3.88. The Morgan fingerprint density at radius 3 is 2.55 bits per heavy atom. The summed E-state index contributed by atoms with van der Waals surface area (Å²) in [6, 6.07) is 5.60. The zero-order valence-electron chi connectivity index (χ0n) is 11.6. The molecule has 2 unspecified atom stereocenters. The highest BCUT2D eigenvalue weighted by Gasteiger charge is 2.33. The van der Waals surface area contributed by atoms with Crippen molar-refractivity contribution in [3.05, 3.63) is 35.6 Å². The van der Waals surface area contributed by atoms with Crippen LogP contribution in [0.25, 0.3) is 0 Å². The lowest BCUT2D eigenvalue weighted by Crippen LogP contribution is -2.47. The van der Waals surface area contributed by atoms with E-state index in [2.05, 4.69) is 0 Å². The predicted octanol–water partition coefficient (Wildman–Crippen LogP) is 1.71. The maximum atomic E-state index is 12.9. The van der Waals surface area contributed by atoms with Gasteiger partial charge in [0.25, 0.3) is 0 Å². The molecule has 4 nitrogen and oxygen atoms in total. The summed E-state index contributed by atoms with van der Waals surface area (Å²) in [5.74, 6) is -0.218. The molecule has 1 fully saturated rings. The first-order valence-corrected chi connectivity index (χ1v) is 8.47. The number of benzene rings is 1. The van der Waals surface area contributed by atoms with Gasteiger partial charge in [-0.1, -0.05) is 12.1 Å². The first kappa shape index (κ1) is 15.4. The van der Waals surface area contributed by atoms with Gasteiger partial charge in [-0.3, -0.25) is 0 Å². The van der Waals surface area contributed by atoms with Crippen LogP contribution in [-0.4, -0.2) is 31.9 Å². The Bertz CT molecular complexity index is 545. The van der Waals surface area contributed by atoms with Crippen molar-refractivity contribution < 1.29 is 12.8 Å². The van der Waals surface area contributed by atoms with E-state index < -0.39 is 10.0 Å². The number of halogens is 1. The van der Waals surface area contributed by atoms with Gasteiger partial charge in [-0.25, -0.2) is 12.8 Å². The number of nitrogens with two attached hydrogens (primary N) is 1. The predicted molar refractivity (Wildman–Crippen MR) is 77.0 cm³/mol. The van der Waals surface area contributed by atoms with Crippen molar-refractivity contribution in [2.75, 3.05) is 13.1 Å². The van der Waals surface area contributed by atoms with Crippen molar-refractivity contribution in [3.63, 3.8) is 0 Å². The fourth-order valence-corrected chi connectivity index (χ4v) is 4.47. The molecule has 0 aliphatic carbocycles. The Morgan fingerprint density at radius 2 is 1.95 bits per heavy atom. The highest BCUT2D eigenvalue weighted by Crippen LogP contribution is 2.25. The smallest absolute Gasteiger partial charge is 0.218 e. The van der Waals surface area contributed by atoms with E-state index in [1.165, 1.54) is 24.3 Å². The fourth-order valence-electron chi connectivity index (χ4n) is 2.60. The minimum Gasteiger partial charge on any atom is -0.330 e. The van der Waals surface area contributed by atoms with Crippen molar-refractivity contribution in [1.82, 2.24) is 4.31 Å². The third kappa shape index (κ3) is 3.56. The van der Waals surface area contributed by atoms with E-state index in [4.69, 9.17) is 5.73 Å². The average Bonchev–Trinajstić information content (AvgIpc) is 2.41. The highest BCUT2D eigenvalue weighted by atomic mass is 32.2. The molecule has 0 bridgehead atoms. The van der Waals surface area contributed by atoms with E-state index in [-0.39, 0.29) is 23.5 Å². The molecule has 0 amide bonds. The minimum atomic E-state index is -3.39. The standard InChI is InChI=1S/C14H21FN2O2S/c1-11-2-3-13(8-16)9-17(11)20(18,19)10-12-4-6-14(15)7-5-12/h4-7,11,13H,2-3,8-10,16H2,1H3. The number of nitrogens with zero attached hydrogens (tertiary/aromatic N) is 1. The number of piperidine rings is 1. The van der Waals surface area contributed by atoms with Crippen LogP contribution in [0.2, 0.25) is 0 Å².